The van der Waals surface area contributed by atoms with Crippen LogP contribution in [0.25, 0.3) is 0 Å². The van der Waals surface area contributed by atoms with E-state index in [0.717, 1.165) is 0 Å². The number of aliphatic carboxylic acids is 1. The minimum atomic E-state index is -1.26. The molecule has 2 amide bonds. The summed E-state index contributed by atoms with van der Waals surface area (Å²) in [7, 11) is 0. The average molecular weight is 240 g/mol. The lowest BCUT2D eigenvalue weighted by atomic mass is 10.0. The number of rotatable bonds is 4. The fourth-order valence-corrected chi connectivity index (χ4v) is 1.42. The number of carbonyl (C=O) groups is 2. The normalized spacial score (nSPS) is 11.0. The van der Waals surface area contributed by atoms with Gasteiger partial charge in [-0.25, -0.2) is 9.59 Å². The van der Waals surface area contributed by atoms with Crippen molar-refractivity contribution in [2.75, 3.05) is 11.9 Å². The lowest BCUT2D eigenvalue weighted by Crippen LogP contribution is -2.54. The highest BCUT2D eigenvalue weighted by Crippen LogP contribution is 2.16. The summed E-state index contributed by atoms with van der Waals surface area (Å²) in [5, 5.41) is 17.9. The molecule has 7 nitrogen and oxygen atoms in total. The van der Waals surface area contributed by atoms with Gasteiger partial charge in [0, 0.05) is 12.7 Å². The first-order chi connectivity index (χ1) is 7.89. The number of aromatic amines is 1. The summed E-state index contributed by atoms with van der Waals surface area (Å²) >= 11 is 0. The van der Waals surface area contributed by atoms with Gasteiger partial charge >= 0.3 is 12.0 Å². The van der Waals surface area contributed by atoms with Crippen molar-refractivity contribution >= 4 is 17.7 Å². The van der Waals surface area contributed by atoms with Crippen molar-refractivity contribution in [1.82, 2.24) is 15.1 Å². The molecule has 1 rings (SSSR count). The van der Waals surface area contributed by atoms with Gasteiger partial charge < -0.3 is 15.3 Å². The third-order valence-electron chi connectivity index (χ3n) is 2.51. The van der Waals surface area contributed by atoms with Gasteiger partial charge in [-0.3, -0.25) is 5.10 Å². The minimum Gasteiger partial charge on any atom is -0.480 e. The molecule has 0 unspecified atom stereocenters. The van der Waals surface area contributed by atoms with Gasteiger partial charge in [-0.2, -0.15) is 5.10 Å². The van der Waals surface area contributed by atoms with Crippen molar-refractivity contribution in [3.63, 3.8) is 0 Å². The number of carboxylic acids is 1. The number of aromatic nitrogens is 2. The summed E-state index contributed by atoms with van der Waals surface area (Å²) in [5.74, 6) is -1.05. The molecule has 0 atom stereocenters. The van der Waals surface area contributed by atoms with E-state index in [1.54, 1.807) is 6.92 Å². The SMILES string of the molecule is CCN(C(=O)Nc1cn[nH]c1)C(C)(C)C(=O)O. The smallest absolute Gasteiger partial charge is 0.329 e. The fourth-order valence-electron chi connectivity index (χ4n) is 1.42. The number of hydrogen-bond acceptors (Lipinski definition) is 3. The molecule has 17 heavy (non-hydrogen) atoms. The predicted octanol–water partition coefficient (Wildman–Crippen LogP) is 1.13. The van der Waals surface area contributed by atoms with E-state index in [9.17, 15) is 9.59 Å². The van der Waals surface area contributed by atoms with Crippen LogP contribution in [0.5, 0.6) is 0 Å². The molecule has 0 radical (unpaired) electrons. The van der Waals surface area contributed by atoms with Gasteiger partial charge in [0.25, 0.3) is 0 Å². The van der Waals surface area contributed by atoms with E-state index >= 15 is 0 Å². The van der Waals surface area contributed by atoms with Crippen LogP contribution in [-0.4, -0.2) is 44.3 Å². The molecule has 1 aromatic rings. The zero-order chi connectivity index (χ0) is 13.1. The second-order valence-electron chi connectivity index (χ2n) is 4.03. The Morgan fingerprint density at radius 2 is 2.24 bits per heavy atom. The van der Waals surface area contributed by atoms with E-state index < -0.39 is 17.5 Å². The predicted molar refractivity (Wildman–Crippen MR) is 61.7 cm³/mol. The molecule has 0 aromatic carbocycles. The molecule has 0 aliphatic rings. The summed E-state index contributed by atoms with van der Waals surface area (Å²) in [6.07, 6.45) is 2.96. The molecule has 94 valence electrons. The molecule has 1 heterocycles. The van der Waals surface area contributed by atoms with Gasteiger partial charge in [0.05, 0.1) is 11.9 Å². The monoisotopic (exact) mass is 240 g/mol. The molecule has 0 bridgehead atoms. The summed E-state index contributed by atoms with van der Waals surface area (Å²) < 4.78 is 0. The average Bonchev–Trinajstić information content (AvgIpc) is 2.70. The largest absolute Gasteiger partial charge is 0.480 e. The Balaban J connectivity index is 2.81. The number of anilines is 1. The summed E-state index contributed by atoms with van der Waals surface area (Å²) in [5.41, 5.74) is -0.766. The number of nitrogens with zero attached hydrogens (tertiary/aromatic N) is 2. The van der Waals surface area contributed by atoms with E-state index in [0.29, 0.717) is 12.2 Å². The van der Waals surface area contributed by atoms with Crippen molar-refractivity contribution in [2.45, 2.75) is 26.3 Å². The summed E-state index contributed by atoms with van der Waals surface area (Å²) in [6.45, 7) is 4.98. The fraction of sp³-hybridized carbons (Fsp3) is 0.500. The van der Waals surface area contributed by atoms with Gasteiger partial charge in [-0.05, 0) is 20.8 Å². The molecular weight excluding hydrogens is 224 g/mol. The minimum absolute atomic E-state index is 0.295. The highest BCUT2D eigenvalue weighted by atomic mass is 16.4. The number of likely N-dealkylation sites (N-methyl/N-ethyl adjacent to an activating group) is 1. The maximum absolute atomic E-state index is 11.9. The topological polar surface area (TPSA) is 98.3 Å². The van der Waals surface area contributed by atoms with E-state index in [1.165, 1.54) is 31.1 Å². The third kappa shape index (κ3) is 2.74. The van der Waals surface area contributed by atoms with Crippen molar-refractivity contribution in [2.24, 2.45) is 0 Å². The number of amides is 2. The van der Waals surface area contributed by atoms with Crippen LogP contribution in [-0.2, 0) is 4.79 Å². The Morgan fingerprint density at radius 1 is 1.59 bits per heavy atom. The van der Waals surface area contributed by atoms with Crippen LogP contribution in [0.1, 0.15) is 20.8 Å². The highest BCUT2D eigenvalue weighted by molar-refractivity contribution is 5.93. The second-order valence-corrected chi connectivity index (χ2v) is 4.03. The lowest BCUT2D eigenvalue weighted by molar-refractivity contribution is -0.147. The second kappa shape index (κ2) is 4.86. The van der Waals surface area contributed by atoms with Gasteiger partial charge in [-0.1, -0.05) is 0 Å². The Hall–Kier alpha value is -2.05. The Morgan fingerprint density at radius 3 is 2.65 bits per heavy atom. The quantitative estimate of drug-likeness (QED) is 0.734. The molecule has 0 aliphatic carbocycles. The molecule has 0 aliphatic heterocycles. The Kier molecular flexibility index (Phi) is 3.72. The maximum atomic E-state index is 11.9. The van der Waals surface area contributed by atoms with Crippen molar-refractivity contribution < 1.29 is 14.7 Å². The number of urea groups is 1. The highest BCUT2D eigenvalue weighted by Gasteiger charge is 2.36. The van der Waals surface area contributed by atoms with Crippen LogP contribution in [0.3, 0.4) is 0 Å². The molecular formula is C10H16N4O3. The molecule has 1 aromatic heterocycles. The first-order valence-electron chi connectivity index (χ1n) is 5.20. The van der Waals surface area contributed by atoms with Crippen LogP contribution >= 0.6 is 0 Å². The Bertz CT molecular complexity index is 400. The van der Waals surface area contributed by atoms with Crippen LogP contribution in [0.2, 0.25) is 0 Å². The number of carbonyl (C=O) groups excluding carboxylic acids is 1. The van der Waals surface area contributed by atoms with Crippen molar-refractivity contribution in [3.05, 3.63) is 12.4 Å². The van der Waals surface area contributed by atoms with Crippen LogP contribution in [0.15, 0.2) is 12.4 Å². The number of H-pyrrole nitrogens is 1. The van der Waals surface area contributed by atoms with Crippen LogP contribution in [0.4, 0.5) is 10.5 Å². The van der Waals surface area contributed by atoms with Crippen molar-refractivity contribution in [3.8, 4) is 0 Å². The molecule has 0 saturated carbocycles. The van der Waals surface area contributed by atoms with E-state index in [4.69, 9.17) is 5.11 Å². The van der Waals surface area contributed by atoms with Crippen LogP contribution < -0.4 is 5.32 Å². The first kappa shape index (κ1) is 13.0. The Labute approximate surface area is 98.8 Å². The molecule has 0 fully saturated rings. The maximum Gasteiger partial charge on any atom is 0.329 e. The number of nitrogens with one attached hydrogen (secondary N) is 2. The van der Waals surface area contributed by atoms with E-state index in [1.807, 2.05) is 0 Å². The third-order valence-corrected chi connectivity index (χ3v) is 2.51. The van der Waals surface area contributed by atoms with Crippen molar-refractivity contribution in [1.29, 1.82) is 0 Å². The van der Waals surface area contributed by atoms with E-state index in [-0.39, 0.29) is 0 Å². The summed E-state index contributed by atoms with van der Waals surface area (Å²) in [6, 6.07) is -0.471. The zero-order valence-electron chi connectivity index (χ0n) is 10.0. The zero-order valence-corrected chi connectivity index (χ0v) is 10.0. The van der Waals surface area contributed by atoms with Gasteiger partial charge in [0.15, 0.2) is 0 Å². The number of hydrogen-bond donors (Lipinski definition) is 3. The lowest BCUT2D eigenvalue weighted by Gasteiger charge is -2.33. The van der Waals surface area contributed by atoms with Crippen LogP contribution in [0, 0.1) is 0 Å². The van der Waals surface area contributed by atoms with Gasteiger partial charge in [0.1, 0.15) is 5.54 Å². The van der Waals surface area contributed by atoms with E-state index in [2.05, 4.69) is 15.5 Å². The first-order valence-corrected chi connectivity index (χ1v) is 5.20. The molecule has 3 N–H and O–H groups in total. The molecule has 0 saturated heterocycles. The molecule has 0 spiro atoms. The molecule has 7 heteroatoms. The number of carboxylic acid groups (broad SMARTS) is 1. The summed E-state index contributed by atoms with van der Waals surface area (Å²) in [4.78, 5) is 24.2. The standard InChI is InChI=1S/C10H16N4O3/c1-4-14(10(2,3)8(15)16)9(17)13-7-5-11-12-6-7/h5-6H,4H2,1-3H3,(H,11,12)(H,13,17)(H,15,16). The van der Waals surface area contributed by atoms with Gasteiger partial charge in [-0.15, -0.1) is 0 Å². The van der Waals surface area contributed by atoms with Gasteiger partial charge in [0.2, 0.25) is 0 Å².